The maximum absolute atomic E-state index is 12.7. The number of hydrogen-bond donors (Lipinski definition) is 2. The Labute approximate surface area is 203 Å². The Morgan fingerprint density at radius 2 is 1.84 bits per heavy atom. The Hall–Kier alpha value is -2.04. The molecule has 12 heteroatoms. The molecule has 1 aliphatic rings. The highest BCUT2D eigenvalue weighted by Gasteiger charge is 2.25. The zero-order valence-corrected chi connectivity index (χ0v) is 19.9. The molecule has 3 aromatic heterocycles. The van der Waals surface area contributed by atoms with Crippen LogP contribution in [0.4, 0.5) is 11.4 Å². The van der Waals surface area contributed by atoms with Crippen LogP contribution in [-0.4, -0.2) is 44.4 Å². The number of halogens is 3. The van der Waals surface area contributed by atoms with Crippen LogP contribution in [0, 0.1) is 5.92 Å². The molecular weight excluding hydrogens is 481 g/mol. The fourth-order valence-electron chi connectivity index (χ4n) is 3.47. The highest BCUT2D eigenvalue weighted by molar-refractivity contribution is 7.08. The summed E-state index contributed by atoms with van der Waals surface area (Å²) < 4.78 is 4.28. The summed E-state index contributed by atoms with van der Waals surface area (Å²) in [6.45, 7) is 3.83. The van der Waals surface area contributed by atoms with E-state index < -0.39 is 0 Å². The van der Waals surface area contributed by atoms with Crippen LogP contribution < -0.4 is 16.0 Å². The smallest absolute Gasteiger partial charge is 0.286 e. The number of piperidine rings is 1. The van der Waals surface area contributed by atoms with Gasteiger partial charge in [0.05, 0.1) is 17.6 Å². The molecule has 0 aromatic carbocycles. The van der Waals surface area contributed by atoms with Crippen LogP contribution in [0.25, 0.3) is 11.4 Å². The normalized spacial score (nSPS) is 17.5. The summed E-state index contributed by atoms with van der Waals surface area (Å²) in [5.74, 6) is 0.702. The largest absolute Gasteiger partial charge is 0.368 e. The van der Waals surface area contributed by atoms with E-state index in [0.29, 0.717) is 22.4 Å². The second kappa shape index (κ2) is 12.1. The molecule has 1 saturated heterocycles. The highest BCUT2D eigenvalue weighted by Crippen LogP contribution is 2.29. The van der Waals surface area contributed by atoms with Crippen LogP contribution in [-0.2, 0) is 0 Å². The van der Waals surface area contributed by atoms with Gasteiger partial charge in [-0.2, -0.15) is 4.37 Å². The molecule has 3 N–H and O–H groups in total. The molecule has 0 unspecified atom stereocenters. The first-order valence-electron chi connectivity index (χ1n) is 9.10. The predicted molar refractivity (Wildman–Crippen MR) is 131 cm³/mol. The number of hydrogen-bond acceptors (Lipinski definition) is 8. The topological polar surface area (TPSA) is 110 Å². The molecule has 168 valence electrons. The van der Waals surface area contributed by atoms with Crippen LogP contribution in [0.15, 0.2) is 43.0 Å². The Bertz CT molecular complexity index is 966. The van der Waals surface area contributed by atoms with E-state index >= 15 is 0 Å². The fourth-order valence-corrected chi connectivity index (χ4v) is 4.05. The van der Waals surface area contributed by atoms with Gasteiger partial charge in [0, 0.05) is 43.3 Å². The number of nitrogens with one attached hydrogen (secondary N) is 1. The van der Waals surface area contributed by atoms with E-state index in [-0.39, 0.29) is 49.2 Å². The minimum atomic E-state index is -0.304. The molecule has 0 aliphatic carbocycles. The van der Waals surface area contributed by atoms with E-state index in [1.165, 1.54) is 0 Å². The van der Waals surface area contributed by atoms with E-state index in [9.17, 15) is 4.79 Å². The maximum atomic E-state index is 12.7. The van der Waals surface area contributed by atoms with Crippen molar-refractivity contribution in [3.63, 3.8) is 0 Å². The van der Waals surface area contributed by atoms with Gasteiger partial charge in [-0.15, -0.1) is 37.2 Å². The molecule has 0 radical (unpaired) electrons. The van der Waals surface area contributed by atoms with Crippen molar-refractivity contribution in [3.8, 4) is 11.4 Å². The first-order chi connectivity index (χ1) is 13.6. The second-order valence-corrected chi connectivity index (χ2v) is 7.76. The van der Waals surface area contributed by atoms with Gasteiger partial charge >= 0.3 is 0 Å². The first kappa shape index (κ1) is 27.0. The van der Waals surface area contributed by atoms with E-state index in [4.69, 9.17) is 5.73 Å². The SMILES string of the molecule is C[C@@H]1C[C@H](N)CN(c2ccncc2NC(=O)c2nc(-c3ccncc3)ns2)C1.Cl.Cl.Cl. The maximum Gasteiger partial charge on any atom is 0.286 e. The van der Waals surface area contributed by atoms with Gasteiger partial charge in [-0.05, 0) is 42.1 Å². The summed E-state index contributed by atoms with van der Waals surface area (Å²) in [6.07, 6.45) is 7.72. The lowest BCUT2D eigenvalue weighted by Gasteiger charge is -2.37. The van der Waals surface area contributed by atoms with Crippen molar-refractivity contribution >= 4 is 66.0 Å². The summed E-state index contributed by atoms with van der Waals surface area (Å²) >= 11 is 1.07. The van der Waals surface area contributed by atoms with Crippen molar-refractivity contribution in [3.05, 3.63) is 48.0 Å². The van der Waals surface area contributed by atoms with E-state index in [1.54, 1.807) is 24.8 Å². The lowest BCUT2D eigenvalue weighted by atomic mass is 9.96. The van der Waals surface area contributed by atoms with Crippen molar-refractivity contribution < 1.29 is 4.79 Å². The van der Waals surface area contributed by atoms with Crippen LogP contribution in [0.5, 0.6) is 0 Å². The Kier molecular flexibility index (Phi) is 10.5. The second-order valence-electron chi connectivity index (χ2n) is 7.01. The predicted octanol–water partition coefficient (Wildman–Crippen LogP) is 3.69. The number of nitrogens with zero attached hydrogens (tertiary/aromatic N) is 5. The minimum Gasteiger partial charge on any atom is -0.368 e. The number of rotatable bonds is 4. The quantitative estimate of drug-likeness (QED) is 0.557. The number of pyridine rings is 2. The number of carbonyl (C=O) groups is 1. The van der Waals surface area contributed by atoms with Gasteiger partial charge in [0.25, 0.3) is 5.91 Å². The van der Waals surface area contributed by atoms with Crippen molar-refractivity contribution in [1.29, 1.82) is 0 Å². The molecule has 4 rings (SSSR count). The molecule has 31 heavy (non-hydrogen) atoms. The summed E-state index contributed by atoms with van der Waals surface area (Å²) in [6, 6.07) is 5.64. The fraction of sp³-hybridized carbons (Fsp3) is 0.316. The standard InChI is InChI=1S/C19H21N7OS.3ClH/c1-12-8-14(20)11-26(10-12)16-4-7-22-9-15(16)23-18(27)19-24-17(25-28-19)13-2-5-21-6-3-13;;;/h2-7,9,12,14H,8,10-11,20H2,1H3,(H,23,27);3*1H/t12-,14+;;;/m1.../s1. The van der Waals surface area contributed by atoms with Gasteiger partial charge in [-0.1, -0.05) is 6.92 Å². The van der Waals surface area contributed by atoms with Crippen molar-refractivity contribution in [2.75, 3.05) is 23.3 Å². The van der Waals surface area contributed by atoms with Gasteiger partial charge in [-0.3, -0.25) is 14.8 Å². The Balaban J connectivity index is 0.00000160. The molecule has 0 bridgehead atoms. The molecule has 4 heterocycles. The van der Waals surface area contributed by atoms with E-state index in [1.807, 2.05) is 18.2 Å². The van der Waals surface area contributed by atoms with Gasteiger partial charge in [0.2, 0.25) is 5.01 Å². The van der Waals surface area contributed by atoms with Crippen LogP contribution >= 0.6 is 48.8 Å². The third-order valence-corrected chi connectivity index (χ3v) is 5.35. The Morgan fingerprint density at radius 1 is 1.13 bits per heavy atom. The average molecular weight is 505 g/mol. The molecule has 8 nitrogen and oxygen atoms in total. The monoisotopic (exact) mass is 503 g/mol. The van der Waals surface area contributed by atoms with Gasteiger partial charge in [-0.25, -0.2) is 4.98 Å². The average Bonchev–Trinajstić information content (AvgIpc) is 3.19. The minimum absolute atomic E-state index is 0. The summed E-state index contributed by atoms with van der Waals surface area (Å²) in [7, 11) is 0. The molecular formula is C19H24Cl3N7OS. The van der Waals surface area contributed by atoms with E-state index in [2.05, 4.69) is 36.5 Å². The lowest BCUT2D eigenvalue weighted by molar-refractivity contribution is 0.102. The molecule has 2 atom stereocenters. The number of aromatic nitrogens is 4. The summed E-state index contributed by atoms with van der Waals surface area (Å²) in [4.78, 5) is 27.4. The molecule has 0 saturated carbocycles. The zero-order valence-electron chi connectivity index (χ0n) is 16.7. The number of anilines is 2. The molecule has 1 fully saturated rings. The third-order valence-electron chi connectivity index (χ3n) is 4.64. The number of amides is 1. The first-order valence-corrected chi connectivity index (χ1v) is 9.87. The highest BCUT2D eigenvalue weighted by atomic mass is 35.5. The molecule has 3 aromatic rings. The number of nitrogens with two attached hydrogens (primary N) is 1. The summed E-state index contributed by atoms with van der Waals surface area (Å²) in [5.41, 5.74) is 8.58. The lowest BCUT2D eigenvalue weighted by Crippen LogP contribution is -2.46. The van der Waals surface area contributed by atoms with Crippen LogP contribution in [0.2, 0.25) is 0 Å². The van der Waals surface area contributed by atoms with Crippen LogP contribution in [0.1, 0.15) is 23.1 Å². The van der Waals surface area contributed by atoms with Crippen LogP contribution in [0.3, 0.4) is 0 Å². The van der Waals surface area contributed by atoms with Gasteiger partial charge in [0.1, 0.15) is 0 Å². The van der Waals surface area contributed by atoms with Gasteiger partial charge < -0.3 is 16.0 Å². The summed E-state index contributed by atoms with van der Waals surface area (Å²) in [5, 5.41) is 3.23. The number of carbonyl (C=O) groups excluding carboxylic acids is 1. The van der Waals surface area contributed by atoms with E-state index in [0.717, 1.165) is 42.3 Å². The molecule has 0 spiro atoms. The third kappa shape index (κ3) is 6.47. The van der Waals surface area contributed by atoms with Crippen molar-refractivity contribution in [2.45, 2.75) is 19.4 Å². The van der Waals surface area contributed by atoms with Crippen molar-refractivity contribution in [2.24, 2.45) is 11.7 Å². The molecule has 1 amide bonds. The zero-order chi connectivity index (χ0) is 19.5. The van der Waals surface area contributed by atoms with Gasteiger partial charge in [0.15, 0.2) is 5.82 Å². The Morgan fingerprint density at radius 3 is 2.55 bits per heavy atom. The molecule has 1 aliphatic heterocycles. The van der Waals surface area contributed by atoms with Crippen molar-refractivity contribution in [1.82, 2.24) is 19.3 Å².